The largest absolute Gasteiger partial charge is 0.300 e. The molecule has 2 aliphatic rings. The van der Waals surface area contributed by atoms with E-state index in [4.69, 9.17) is 0 Å². The van der Waals surface area contributed by atoms with Gasteiger partial charge in [0.25, 0.3) is 0 Å². The molecule has 2 aliphatic heterocycles. The van der Waals surface area contributed by atoms with Crippen LogP contribution in [-0.4, -0.2) is 52.8 Å². The van der Waals surface area contributed by atoms with E-state index >= 15 is 0 Å². The predicted octanol–water partition coefficient (Wildman–Crippen LogP) is 1.71. The highest BCUT2D eigenvalue weighted by Gasteiger charge is 2.27. The van der Waals surface area contributed by atoms with Gasteiger partial charge in [0.15, 0.2) is 0 Å². The van der Waals surface area contributed by atoms with Gasteiger partial charge in [-0.05, 0) is 25.0 Å². The molecule has 0 bridgehead atoms. The Kier molecular flexibility index (Phi) is 4.43. The number of likely N-dealkylation sites (tertiary alicyclic amines) is 2. The Labute approximate surface area is 120 Å². The summed E-state index contributed by atoms with van der Waals surface area (Å²) in [6.45, 7) is 5.21. The number of rotatable bonds is 3. The Balaban J connectivity index is 1.46. The van der Waals surface area contributed by atoms with Crippen molar-refractivity contribution in [1.29, 1.82) is 0 Å². The van der Waals surface area contributed by atoms with Crippen LogP contribution in [-0.2, 0) is 11.3 Å². The summed E-state index contributed by atoms with van der Waals surface area (Å²) < 4.78 is 0. The summed E-state index contributed by atoms with van der Waals surface area (Å²) in [4.78, 5) is 20.7. The van der Waals surface area contributed by atoms with E-state index in [-0.39, 0.29) is 0 Å². The standard InChI is InChI=1S/C16H23N3O/c20-16-6-11-19(12-7-16)15-4-9-18(10-5-15)13-14-3-1-2-8-17-14/h1-3,8,15H,4-7,9-13H2. The van der Waals surface area contributed by atoms with Crippen molar-refractivity contribution in [2.45, 2.75) is 38.3 Å². The van der Waals surface area contributed by atoms with Gasteiger partial charge in [0.2, 0.25) is 0 Å². The van der Waals surface area contributed by atoms with Gasteiger partial charge in [-0.2, -0.15) is 0 Å². The van der Waals surface area contributed by atoms with E-state index in [1.807, 2.05) is 12.3 Å². The van der Waals surface area contributed by atoms with E-state index < -0.39 is 0 Å². The molecule has 0 unspecified atom stereocenters. The second kappa shape index (κ2) is 6.46. The Morgan fingerprint density at radius 3 is 2.50 bits per heavy atom. The van der Waals surface area contributed by atoms with Crippen LogP contribution < -0.4 is 0 Å². The van der Waals surface area contributed by atoms with Gasteiger partial charge in [-0.1, -0.05) is 6.07 Å². The minimum atomic E-state index is 0.439. The third-order valence-electron chi connectivity index (χ3n) is 4.54. The highest BCUT2D eigenvalue weighted by molar-refractivity contribution is 5.79. The smallest absolute Gasteiger partial charge is 0.135 e. The van der Waals surface area contributed by atoms with Gasteiger partial charge in [-0.25, -0.2) is 0 Å². The molecule has 0 N–H and O–H groups in total. The SMILES string of the molecule is O=C1CCN(C2CCN(Cc3ccccn3)CC2)CC1. The van der Waals surface area contributed by atoms with E-state index in [9.17, 15) is 4.79 Å². The molecular weight excluding hydrogens is 250 g/mol. The molecule has 0 radical (unpaired) electrons. The van der Waals surface area contributed by atoms with E-state index in [0.29, 0.717) is 11.8 Å². The van der Waals surface area contributed by atoms with E-state index in [1.165, 1.54) is 12.8 Å². The van der Waals surface area contributed by atoms with Gasteiger partial charge >= 0.3 is 0 Å². The molecule has 0 spiro atoms. The van der Waals surface area contributed by atoms with Crippen molar-refractivity contribution in [2.75, 3.05) is 26.2 Å². The summed E-state index contributed by atoms with van der Waals surface area (Å²) in [5.74, 6) is 0.439. The van der Waals surface area contributed by atoms with Crippen LogP contribution in [0.1, 0.15) is 31.4 Å². The third kappa shape index (κ3) is 3.44. The van der Waals surface area contributed by atoms with Crippen molar-refractivity contribution < 1.29 is 4.79 Å². The van der Waals surface area contributed by atoms with Crippen LogP contribution in [0.5, 0.6) is 0 Å². The molecule has 3 rings (SSSR count). The van der Waals surface area contributed by atoms with Gasteiger partial charge in [0.1, 0.15) is 5.78 Å². The molecule has 4 nitrogen and oxygen atoms in total. The van der Waals surface area contributed by atoms with Crippen molar-refractivity contribution >= 4 is 5.78 Å². The number of carbonyl (C=O) groups is 1. The van der Waals surface area contributed by atoms with E-state index in [0.717, 1.165) is 51.3 Å². The quantitative estimate of drug-likeness (QED) is 0.840. The average Bonchev–Trinajstić information content (AvgIpc) is 2.50. The molecule has 1 aromatic heterocycles. The van der Waals surface area contributed by atoms with Crippen LogP contribution >= 0.6 is 0 Å². The Bertz CT molecular complexity index is 430. The number of piperidine rings is 2. The zero-order valence-electron chi connectivity index (χ0n) is 12.0. The summed E-state index contributed by atoms with van der Waals surface area (Å²) in [5.41, 5.74) is 1.16. The maximum Gasteiger partial charge on any atom is 0.135 e. The molecule has 4 heteroatoms. The first kappa shape index (κ1) is 13.7. The number of hydrogen-bond acceptors (Lipinski definition) is 4. The maximum absolute atomic E-state index is 11.3. The molecule has 0 atom stereocenters. The van der Waals surface area contributed by atoms with Gasteiger partial charge in [-0.15, -0.1) is 0 Å². The number of ketones is 1. The molecule has 0 amide bonds. The van der Waals surface area contributed by atoms with Crippen molar-refractivity contribution in [2.24, 2.45) is 0 Å². The topological polar surface area (TPSA) is 36.4 Å². The molecule has 2 saturated heterocycles. The normalized spacial score (nSPS) is 23.1. The summed E-state index contributed by atoms with van der Waals surface area (Å²) in [5, 5.41) is 0. The fourth-order valence-corrected chi connectivity index (χ4v) is 3.30. The number of aromatic nitrogens is 1. The summed E-state index contributed by atoms with van der Waals surface area (Å²) in [6, 6.07) is 6.80. The van der Waals surface area contributed by atoms with Crippen LogP contribution in [0.25, 0.3) is 0 Å². The number of nitrogens with zero attached hydrogens (tertiary/aromatic N) is 3. The highest BCUT2D eigenvalue weighted by Crippen LogP contribution is 2.20. The Morgan fingerprint density at radius 2 is 1.85 bits per heavy atom. The minimum absolute atomic E-state index is 0.439. The molecular formula is C16H23N3O. The number of Topliss-reactive ketones (excluding diaryl/α,β-unsaturated/α-hetero) is 1. The maximum atomic E-state index is 11.3. The second-order valence-electron chi connectivity index (χ2n) is 5.90. The molecule has 108 valence electrons. The lowest BCUT2D eigenvalue weighted by atomic mass is 9.99. The van der Waals surface area contributed by atoms with E-state index in [2.05, 4.69) is 26.9 Å². The first-order valence-corrected chi connectivity index (χ1v) is 7.69. The van der Waals surface area contributed by atoms with Gasteiger partial charge in [0.05, 0.1) is 5.69 Å². The van der Waals surface area contributed by atoms with E-state index in [1.54, 1.807) is 0 Å². The molecule has 0 aromatic carbocycles. The summed E-state index contributed by atoms with van der Waals surface area (Å²) >= 11 is 0. The molecule has 20 heavy (non-hydrogen) atoms. The first-order chi connectivity index (χ1) is 9.81. The molecule has 0 saturated carbocycles. The van der Waals surface area contributed by atoms with Crippen molar-refractivity contribution in [1.82, 2.24) is 14.8 Å². The number of hydrogen-bond donors (Lipinski definition) is 0. The van der Waals surface area contributed by atoms with Crippen LogP contribution in [0.3, 0.4) is 0 Å². The van der Waals surface area contributed by atoms with Crippen molar-refractivity contribution in [3.05, 3.63) is 30.1 Å². The summed E-state index contributed by atoms with van der Waals surface area (Å²) in [7, 11) is 0. The van der Waals surface area contributed by atoms with Gasteiger partial charge in [-0.3, -0.25) is 19.6 Å². The van der Waals surface area contributed by atoms with Crippen molar-refractivity contribution in [3.63, 3.8) is 0 Å². The highest BCUT2D eigenvalue weighted by atomic mass is 16.1. The summed E-state index contributed by atoms with van der Waals surface area (Å²) in [6.07, 6.45) is 5.83. The fraction of sp³-hybridized carbons (Fsp3) is 0.625. The monoisotopic (exact) mass is 273 g/mol. The lowest BCUT2D eigenvalue weighted by Crippen LogP contribution is -2.47. The number of carbonyl (C=O) groups excluding carboxylic acids is 1. The van der Waals surface area contributed by atoms with Crippen LogP contribution in [0.4, 0.5) is 0 Å². The minimum Gasteiger partial charge on any atom is -0.300 e. The Hall–Kier alpha value is -1.26. The first-order valence-electron chi connectivity index (χ1n) is 7.69. The lowest BCUT2D eigenvalue weighted by Gasteiger charge is -2.39. The van der Waals surface area contributed by atoms with Gasteiger partial charge in [0, 0.05) is 57.8 Å². The van der Waals surface area contributed by atoms with Gasteiger partial charge < -0.3 is 0 Å². The zero-order valence-corrected chi connectivity index (χ0v) is 12.0. The van der Waals surface area contributed by atoms with Crippen LogP contribution in [0, 0.1) is 0 Å². The molecule has 1 aromatic rings. The van der Waals surface area contributed by atoms with Crippen LogP contribution in [0.15, 0.2) is 24.4 Å². The Morgan fingerprint density at radius 1 is 1.10 bits per heavy atom. The molecule has 3 heterocycles. The third-order valence-corrected chi connectivity index (χ3v) is 4.54. The fourth-order valence-electron chi connectivity index (χ4n) is 3.30. The molecule has 0 aliphatic carbocycles. The van der Waals surface area contributed by atoms with Crippen LogP contribution in [0.2, 0.25) is 0 Å². The second-order valence-corrected chi connectivity index (χ2v) is 5.90. The zero-order chi connectivity index (χ0) is 13.8. The predicted molar refractivity (Wildman–Crippen MR) is 78.4 cm³/mol. The number of pyridine rings is 1. The van der Waals surface area contributed by atoms with Crippen molar-refractivity contribution in [3.8, 4) is 0 Å². The molecule has 2 fully saturated rings. The lowest BCUT2D eigenvalue weighted by molar-refractivity contribution is -0.122. The average molecular weight is 273 g/mol.